The lowest BCUT2D eigenvalue weighted by atomic mass is 9.99. The van der Waals surface area contributed by atoms with Crippen molar-refractivity contribution in [3.8, 4) is 50.8 Å². The molecule has 0 saturated carbocycles. The molecule has 7 nitrogen and oxygen atoms in total. The summed E-state index contributed by atoms with van der Waals surface area (Å²) >= 11 is 0. The summed E-state index contributed by atoms with van der Waals surface area (Å²) in [7, 11) is 0. The molecule has 0 radical (unpaired) electrons. The van der Waals surface area contributed by atoms with Gasteiger partial charge in [-0.05, 0) is 127 Å². The van der Waals surface area contributed by atoms with Gasteiger partial charge in [0.05, 0.1) is 11.0 Å². The Kier molecular flexibility index (Phi) is 6.70. The number of benzene rings is 5. The van der Waals surface area contributed by atoms with E-state index < -0.39 is 0 Å². The first kappa shape index (κ1) is 30.0. The number of aromatic nitrogens is 5. The van der Waals surface area contributed by atoms with Gasteiger partial charge in [-0.15, -0.1) is 0 Å². The summed E-state index contributed by atoms with van der Waals surface area (Å²) in [6, 6.07) is 43.0. The van der Waals surface area contributed by atoms with Crippen LogP contribution >= 0.6 is 0 Å². The zero-order chi connectivity index (χ0) is 34.9. The minimum atomic E-state index is 0.547. The Bertz CT molecular complexity index is 2790. The van der Waals surface area contributed by atoms with Gasteiger partial charge in [-0.25, -0.2) is 19.9 Å². The van der Waals surface area contributed by atoms with Crippen LogP contribution < -0.4 is 0 Å². The second kappa shape index (κ2) is 11.6. The van der Waals surface area contributed by atoms with E-state index in [4.69, 9.17) is 8.83 Å². The van der Waals surface area contributed by atoms with Gasteiger partial charge in [0.2, 0.25) is 23.2 Å². The highest BCUT2D eigenvalue weighted by atomic mass is 16.4. The first-order chi connectivity index (χ1) is 25.4. The minimum Gasteiger partial charge on any atom is -0.418 e. The van der Waals surface area contributed by atoms with Gasteiger partial charge in [-0.1, -0.05) is 54.1 Å². The second-order valence-corrected chi connectivity index (χ2v) is 13.5. The summed E-state index contributed by atoms with van der Waals surface area (Å²) in [5, 5.41) is 2.37. The Morgan fingerprint density at radius 2 is 0.846 bits per heavy atom. The van der Waals surface area contributed by atoms with E-state index in [9.17, 15) is 0 Å². The molecule has 7 heteroatoms. The average Bonchev–Trinajstić information content (AvgIpc) is 3.88. The van der Waals surface area contributed by atoms with Crippen LogP contribution in [0, 0.1) is 20.8 Å². The molecular weight excluding hydrogens is 643 g/mol. The normalized spacial score (nSPS) is 11.8. The summed E-state index contributed by atoms with van der Waals surface area (Å²) in [6.45, 7) is 6.13. The molecule has 0 atom stereocenters. The Morgan fingerprint density at radius 3 is 1.31 bits per heavy atom. The van der Waals surface area contributed by atoms with E-state index in [0.717, 1.165) is 72.3 Å². The number of nitrogens with zero attached hydrogens (tertiary/aromatic N) is 5. The fourth-order valence-electron chi connectivity index (χ4n) is 7.06. The molecule has 0 fully saturated rings. The van der Waals surface area contributed by atoms with Gasteiger partial charge in [0.15, 0.2) is 0 Å². The Balaban J connectivity index is 1.05. The smallest absolute Gasteiger partial charge is 0.247 e. The predicted octanol–water partition coefficient (Wildman–Crippen LogP) is 11.4. The lowest BCUT2D eigenvalue weighted by Gasteiger charge is -2.09. The van der Waals surface area contributed by atoms with Crippen molar-refractivity contribution >= 4 is 44.3 Å². The number of fused-ring (bicyclic) bond motifs is 5. The number of hydrogen-bond acceptors (Lipinski definition) is 6. The van der Waals surface area contributed by atoms with Gasteiger partial charge in [0, 0.05) is 40.0 Å². The lowest BCUT2D eigenvalue weighted by Crippen LogP contribution is -1.93. The van der Waals surface area contributed by atoms with Crippen molar-refractivity contribution in [2.45, 2.75) is 20.8 Å². The van der Waals surface area contributed by atoms with E-state index in [1.807, 2.05) is 26.0 Å². The summed E-state index contributed by atoms with van der Waals surface area (Å²) in [5.74, 6) is 1.13. The van der Waals surface area contributed by atoms with Gasteiger partial charge in [0.1, 0.15) is 11.0 Å². The molecular formula is C45H31N5O2. The molecule has 0 N–H and O–H groups in total. The third kappa shape index (κ3) is 5.05. The Morgan fingerprint density at radius 1 is 0.423 bits per heavy atom. The van der Waals surface area contributed by atoms with E-state index in [1.54, 1.807) is 12.4 Å². The van der Waals surface area contributed by atoms with Crippen LogP contribution in [0.1, 0.15) is 16.7 Å². The van der Waals surface area contributed by atoms with Crippen LogP contribution in [0.2, 0.25) is 0 Å². The van der Waals surface area contributed by atoms with Crippen molar-refractivity contribution in [1.82, 2.24) is 24.5 Å². The molecule has 0 spiro atoms. The highest BCUT2D eigenvalue weighted by Crippen LogP contribution is 2.38. The van der Waals surface area contributed by atoms with E-state index >= 15 is 0 Å². The van der Waals surface area contributed by atoms with E-state index in [0.29, 0.717) is 23.2 Å². The highest BCUT2D eigenvalue weighted by molar-refractivity contribution is 6.11. The van der Waals surface area contributed by atoms with Crippen molar-refractivity contribution in [3.63, 3.8) is 0 Å². The number of rotatable bonds is 5. The third-order valence-corrected chi connectivity index (χ3v) is 9.76. The van der Waals surface area contributed by atoms with Gasteiger partial charge >= 0.3 is 0 Å². The summed E-state index contributed by atoms with van der Waals surface area (Å²) < 4.78 is 14.3. The van der Waals surface area contributed by atoms with Crippen LogP contribution in [0.3, 0.4) is 0 Å². The quantitative estimate of drug-likeness (QED) is 0.181. The van der Waals surface area contributed by atoms with Crippen molar-refractivity contribution in [1.29, 1.82) is 0 Å². The maximum absolute atomic E-state index is 5.97. The van der Waals surface area contributed by atoms with Crippen molar-refractivity contribution < 1.29 is 8.83 Å². The van der Waals surface area contributed by atoms with Crippen LogP contribution in [0.4, 0.5) is 0 Å². The van der Waals surface area contributed by atoms with Crippen LogP contribution in [-0.4, -0.2) is 24.5 Å². The van der Waals surface area contributed by atoms with Crippen LogP contribution in [0.15, 0.2) is 143 Å². The molecule has 52 heavy (non-hydrogen) atoms. The van der Waals surface area contributed by atoms with Crippen molar-refractivity contribution in [3.05, 3.63) is 150 Å². The fourth-order valence-corrected chi connectivity index (χ4v) is 7.06. The largest absolute Gasteiger partial charge is 0.418 e. The number of pyridine rings is 2. The second-order valence-electron chi connectivity index (χ2n) is 13.5. The maximum atomic E-state index is 5.97. The van der Waals surface area contributed by atoms with Crippen molar-refractivity contribution in [2.24, 2.45) is 0 Å². The summed E-state index contributed by atoms with van der Waals surface area (Å²) in [5.41, 5.74) is 15.7. The van der Waals surface area contributed by atoms with Gasteiger partial charge in [-0.3, -0.25) is 0 Å². The van der Waals surface area contributed by atoms with Crippen LogP contribution in [-0.2, 0) is 0 Å². The van der Waals surface area contributed by atoms with Gasteiger partial charge < -0.3 is 13.4 Å². The lowest BCUT2D eigenvalue weighted by molar-refractivity contribution is 0.607. The van der Waals surface area contributed by atoms with E-state index in [2.05, 4.69) is 141 Å². The topological polar surface area (TPSA) is 82.8 Å². The van der Waals surface area contributed by atoms with Crippen LogP contribution in [0.25, 0.3) is 95.1 Å². The van der Waals surface area contributed by atoms with Gasteiger partial charge in [-0.2, -0.15) is 0 Å². The molecule has 0 aliphatic heterocycles. The molecule has 0 saturated heterocycles. The molecule has 0 aliphatic rings. The summed E-state index contributed by atoms with van der Waals surface area (Å²) in [6.07, 6.45) is 3.59. The molecule has 0 amide bonds. The fraction of sp³-hybridized carbons (Fsp3) is 0.0667. The van der Waals surface area contributed by atoms with E-state index in [1.165, 1.54) is 16.3 Å². The highest BCUT2D eigenvalue weighted by Gasteiger charge is 2.16. The molecule has 248 valence electrons. The third-order valence-electron chi connectivity index (χ3n) is 9.76. The molecule has 0 bridgehead atoms. The zero-order valence-electron chi connectivity index (χ0n) is 28.8. The summed E-state index contributed by atoms with van der Waals surface area (Å²) in [4.78, 5) is 18.1. The molecule has 0 unspecified atom stereocenters. The predicted molar refractivity (Wildman–Crippen MR) is 207 cm³/mol. The van der Waals surface area contributed by atoms with E-state index in [-0.39, 0.29) is 0 Å². The standard InChI is InChI=1S/C45H31N5O2/c1-26-4-16-35(17-5-26)50-40-18-14-33(29-6-10-31(11-7-29)42-48-38-20-27(2)24-46-44(38)51-42)22-36(40)37-23-34(15-19-41(37)50)30-8-12-32(13-9-30)43-49-39-21-28(3)25-47-45(39)52-43/h4-25H,1-3H3. The van der Waals surface area contributed by atoms with Crippen LogP contribution in [0.5, 0.6) is 0 Å². The minimum absolute atomic E-state index is 0.547. The maximum Gasteiger partial charge on any atom is 0.247 e. The Labute approximate surface area is 298 Å². The molecule has 5 aromatic heterocycles. The molecule has 0 aliphatic carbocycles. The SMILES string of the molecule is Cc1ccc(-n2c3ccc(-c4ccc(-c5nc6cc(C)cnc6o5)cc4)cc3c3cc(-c4ccc(-c5nc6cc(C)cnc6o5)cc4)ccc32)cc1. The molecule has 10 aromatic rings. The number of hydrogen-bond donors (Lipinski definition) is 0. The molecule has 10 rings (SSSR count). The monoisotopic (exact) mass is 673 g/mol. The first-order valence-corrected chi connectivity index (χ1v) is 17.3. The number of oxazole rings is 2. The number of aryl methyl sites for hydroxylation is 3. The average molecular weight is 674 g/mol. The van der Waals surface area contributed by atoms with Crippen molar-refractivity contribution in [2.75, 3.05) is 0 Å². The molecule has 5 heterocycles. The Hall–Kier alpha value is -6.86. The first-order valence-electron chi connectivity index (χ1n) is 17.3. The molecule has 5 aromatic carbocycles. The van der Waals surface area contributed by atoms with Gasteiger partial charge in [0.25, 0.3) is 0 Å². The zero-order valence-corrected chi connectivity index (χ0v) is 28.8.